The highest BCUT2D eigenvalue weighted by Gasteiger charge is 2.42. The van der Waals surface area contributed by atoms with Gasteiger partial charge in [-0.05, 0) is 56.3 Å². The summed E-state index contributed by atoms with van der Waals surface area (Å²) in [6.07, 6.45) is -0.173. The molecule has 3 heteroatoms. The molecule has 2 aromatic carbocycles. The van der Waals surface area contributed by atoms with Crippen molar-refractivity contribution in [3.8, 4) is 0 Å². The average Bonchev–Trinajstić information content (AvgIpc) is 2.66. The van der Waals surface area contributed by atoms with Gasteiger partial charge in [-0.2, -0.15) is 0 Å². The molecule has 1 nitrogen and oxygen atoms in total. The van der Waals surface area contributed by atoms with Crippen molar-refractivity contribution in [2.75, 3.05) is 6.54 Å². The third kappa shape index (κ3) is 4.70. The Morgan fingerprint density at radius 1 is 0.962 bits per heavy atom. The van der Waals surface area contributed by atoms with Crippen LogP contribution in [0.3, 0.4) is 0 Å². The van der Waals surface area contributed by atoms with Crippen LogP contribution in [0.5, 0.6) is 0 Å². The molecule has 2 aromatic rings. The molecular weight excluding hydrogens is 328 g/mol. The summed E-state index contributed by atoms with van der Waals surface area (Å²) in [5.74, 6) is -0.249. The molecule has 0 amide bonds. The molecule has 3 rings (SSSR count). The number of halogens is 2. The first-order valence-electron chi connectivity index (χ1n) is 9.69. The maximum atomic E-state index is 13.5. The van der Waals surface area contributed by atoms with Gasteiger partial charge in [-0.25, -0.2) is 8.78 Å². The second kappa shape index (κ2) is 8.77. The van der Waals surface area contributed by atoms with Crippen LogP contribution in [0.25, 0.3) is 0 Å². The summed E-state index contributed by atoms with van der Waals surface area (Å²) in [4.78, 5) is 2.49. The minimum atomic E-state index is -1.32. The quantitative estimate of drug-likeness (QED) is 0.586. The minimum Gasteiger partial charge on any atom is -0.297 e. The molecule has 3 unspecified atom stereocenters. The van der Waals surface area contributed by atoms with E-state index in [1.54, 1.807) is 0 Å². The van der Waals surface area contributed by atoms with Gasteiger partial charge in [0.25, 0.3) is 0 Å². The summed E-state index contributed by atoms with van der Waals surface area (Å²) in [7, 11) is 0. The highest BCUT2D eigenvalue weighted by molar-refractivity contribution is 5.29. The molecule has 0 heterocycles. The van der Waals surface area contributed by atoms with Crippen LogP contribution in [0.1, 0.15) is 49.3 Å². The Bertz CT molecular complexity index is 668. The lowest BCUT2D eigenvalue weighted by atomic mass is 9.76. The summed E-state index contributed by atoms with van der Waals surface area (Å²) in [6.45, 7) is 6.50. The lowest BCUT2D eigenvalue weighted by Gasteiger charge is -2.34. The molecule has 0 bridgehead atoms. The van der Waals surface area contributed by atoms with Gasteiger partial charge in [-0.3, -0.25) is 4.90 Å². The summed E-state index contributed by atoms with van der Waals surface area (Å²) in [5, 5.41) is 0. The Labute approximate surface area is 156 Å². The molecule has 0 radical (unpaired) electrons. The van der Waals surface area contributed by atoms with E-state index in [0.29, 0.717) is 12.5 Å². The Hall–Kier alpha value is -1.74. The van der Waals surface area contributed by atoms with Gasteiger partial charge in [0.05, 0.1) is 0 Å². The summed E-state index contributed by atoms with van der Waals surface area (Å²) in [6, 6.07) is 19.2. The predicted octanol–water partition coefficient (Wildman–Crippen LogP) is 5.69. The smallest absolute Gasteiger partial charge is 0.138 e. The SMILES string of the molecule is CC(C)N(CCCc1ccc(C2CC(F)C2F)cc1)Cc1ccccc1. The highest BCUT2D eigenvalue weighted by Crippen LogP contribution is 2.41. The molecule has 1 fully saturated rings. The van der Waals surface area contributed by atoms with Crippen LogP contribution in [-0.2, 0) is 13.0 Å². The van der Waals surface area contributed by atoms with Crippen molar-refractivity contribution in [2.24, 2.45) is 0 Å². The Morgan fingerprint density at radius 3 is 2.23 bits per heavy atom. The zero-order valence-corrected chi connectivity index (χ0v) is 15.7. The molecule has 0 aromatic heterocycles. The van der Waals surface area contributed by atoms with Crippen LogP contribution >= 0.6 is 0 Å². The van der Waals surface area contributed by atoms with E-state index >= 15 is 0 Å². The van der Waals surface area contributed by atoms with Crippen molar-refractivity contribution in [2.45, 2.75) is 64.0 Å². The molecule has 3 atom stereocenters. The van der Waals surface area contributed by atoms with Gasteiger partial charge in [-0.1, -0.05) is 54.6 Å². The molecule has 1 aliphatic rings. The number of hydrogen-bond donors (Lipinski definition) is 0. The average molecular weight is 357 g/mol. The maximum absolute atomic E-state index is 13.5. The molecule has 1 saturated carbocycles. The predicted molar refractivity (Wildman–Crippen MR) is 104 cm³/mol. The Balaban J connectivity index is 1.48. The highest BCUT2D eigenvalue weighted by atomic mass is 19.2. The minimum absolute atomic E-state index is 0.249. The largest absolute Gasteiger partial charge is 0.297 e. The standard InChI is InChI=1S/C23H29F2N/c1-17(2)26(16-19-7-4-3-5-8-19)14-6-9-18-10-12-20(13-11-18)21-15-22(24)23(21)25/h3-5,7-8,10-13,17,21-23H,6,9,14-16H2,1-2H3. The van der Waals surface area contributed by atoms with E-state index in [0.717, 1.165) is 31.5 Å². The molecule has 0 N–H and O–H groups in total. The van der Waals surface area contributed by atoms with Crippen LogP contribution in [-0.4, -0.2) is 29.8 Å². The molecule has 140 valence electrons. The van der Waals surface area contributed by atoms with Gasteiger partial charge in [0.15, 0.2) is 0 Å². The number of alkyl halides is 2. The third-order valence-corrected chi connectivity index (χ3v) is 5.49. The Kier molecular flexibility index (Phi) is 6.42. The van der Waals surface area contributed by atoms with Crippen LogP contribution in [0, 0.1) is 0 Å². The fourth-order valence-electron chi connectivity index (χ4n) is 3.63. The van der Waals surface area contributed by atoms with Crippen LogP contribution in [0.4, 0.5) is 8.78 Å². The molecule has 0 saturated heterocycles. The number of aryl methyl sites for hydroxylation is 1. The van der Waals surface area contributed by atoms with Crippen molar-refractivity contribution >= 4 is 0 Å². The van der Waals surface area contributed by atoms with E-state index in [2.05, 4.69) is 61.2 Å². The molecule has 0 aliphatic heterocycles. The van der Waals surface area contributed by atoms with Crippen molar-refractivity contribution in [3.63, 3.8) is 0 Å². The van der Waals surface area contributed by atoms with E-state index in [9.17, 15) is 8.78 Å². The first-order valence-corrected chi connectivity index (χ1v) is 9.69. The van der Waals surface area contributed by atoms with Gasteiger partial charge in [0, 0.05) is 18.5 Å². The topological polar surface area (TPSA) is 3.24 Å². The second-order valence-electron chi connectivity index (χ2n) is 7.70. The van der Waals surface area contributed by atoms with Crippen molar-refractivity contribution in [3.05, 3.63) is 71.3 Å². The fraction of sp³-hybridized carbons (Fsp3) is 0.478. The fourth-order valence-corrected chi connectivity index (χ4v) is 3.63. The molecule has 0 spiro atoms. The van der Waals surface area contributed by atoms with Crippen molar-refractivity contribution < 1.29 is 8.78 Å². The molecule has 26 heavy (non-hydrogen) atoms. The molecule has 1 aliphatic carbocycles. The van der Waals surface area contributed by atoms with E-state index in [4.69, 9.17) is 0 Å². The summed E-state index contributed by atoms with van der Waals surface area (Å²) >= 11 is 0. The van der Waals surface area contributed by atoms with E-state index < -0.39 is 12.3 Å². The lowest BCUT2D eigenvalue weighted by Crippen LogP contribution is -2.38. The number of benzene rings is 2. The van der Waals surface area contributed by atoms with E-state index in [1.807, 2.05) is 12.1 Å². The van der Waals surface area contributed by atoms with Crippen LogP contribution < -0.4 is 0 Å². The zero-order valence-electron chi connectivity index (χ0n) is 15.7. The third-order valence-electron chi connectivity index (χ3n) is 5.49. The van der Waals surface area contributed by atoms with Gasteiger partial charge in [-0.15, -0.1) is 0 Å². The van der Waals surface area contributed by atoms with Gasteiger partial charge < -0.3 is 0 Å². The van der Waals surface area contributed by atoms with Gasteiger partial charge in [0.1, 0.15) is 12.3 Å². The zero-order chi connectivity index (χ0) is 18.5. The van der Waals surface area contributed by atoms with Crippen LogP contribution in [0.2, 0.25) is 0 Å². The van der Waals surface area contributed by atoms with Crippen LogP contribution in [0.15, 0.2) is 54.6 Å². The van der Waals surface area contributed by atoms with E-state index in [1.165, 1.54) is 11.1 Å². The first-order chi connectivity index (χ1) is 12.5. The lowest BCUT2D eigenvalue weighted by molar-refractivity contribution is 0.0428. The summed E-state index contributed by atoms with van der Waals surface area (Å²) < 4.78 is 26.5. The monoisotopic (exact) mass is 357 g/mol. The number of hydrogen-bond acceptors (Lipinski definition) is 1. The van der Waals surface area contributed by atoms with Gasteiger partial charge >= 0.3 is 0 Å². The normalized spacial score (nSPS) is 22.6. The Morgan fingerprint density at radius 2 is 1.65 bits per heavy atom. The number of nitrogens with zero attached hydrogens (tertiary/aromatic N) is 1. The first kappa shape index (κ1) is 19.0. The molecular formula is C23H29F2N. The summed E-state index contributed by atoms with van der Waals surface area (Å²) in [5.41, 5.74) is 3.55. The van der Waals surface area contributed by atoms with Crippen molar-refractivity contribution in [1.82, 2.24) is 4.90 Å². The number of rotatable bonds is 8. The van der Waals surface area contributed by atoms with Crippen molar-refractivity contribution in [1.29, 1.82) is 0 Å². The maximum Gasteiger partial charge on any atom is 0.138 e. The second-order valence-corrected chi connectivity index (χ2v) is 7.70. The van der Waals surface area contributed by atoms with Gasteiger partial charge in [0.2, 0.25) is 0 Å². The van der Waals surface area contributed by atoms with E-state index in [-0.39, 0.29) is 5.92 Å².